The monoisotopic (exact) mass is 242 g/mol. The van der Waals surface area contributed by atoms with E-state index in [1.165, 1.54) is 7.11 Å². The van der Waals surface area contributed by atoms with E-state index in [0.717, 1.165) is 45.7 Å². The Bertz CT molecular complexity index is 279. The molecule has 5 heteroatoms. The lowest BCUT2D eigenvalue weighted by molar-refractivity contribution is -0.150. The molecule has 98 valence electrons. The Hall–Kier alpha value is -0.650. The molecule has 2 unspecified atom stereocenters. The first-order valence-corrected chi connectivity index (χ1v) is 6.31. The smallest absolute Gasteiger partial charge is 0.325 e. The molecule has 0 spiro atoms. The van der Waals surface area contributed by atoms with E-state index in [1.54, 1.807) is 0 Å². The largest absolute Gasteiger partial charge is 0.468 e. The Morgan fingerprint density at radius 3 is 2.82 bits per heavy atom. The summed E-state index contributed by atoms with van der Waals surface area (Å²) in [6.07, 6.45) is 1.91. The van der Waals surface area contributed by atoms with Crippen molar-refractivity contribution in [2.24, 2.45) is 0 Å². The Morgan fingerprint density at radius 2 is 2.18 bits per heavy atom. The van der Waals surface area contributed by atoms with Gasteiger partial charge in [-0.15, -0.1) is 0 Å². The highest BCUT2D eigenvalue weighted by molar-refractivity contribution is 5.80. The molecule has 0 aliphatic carbocycles. The average Bonchev–Trinajstić information content (AvgIpc) is 2.39. The summed E-state index contributed by atoms with van der Waals surface area (Å²) < 4.78 is 10.2. The van der Waals surface area contributed by atoms with Crippen LogP contribution in [-0.2, 0) is 14.3 Å². The van der Waals surface area contributed by atoms with Gasteiger partial charge in [-0.2, -0.15) is 0 Å². The molecular weight excluding hydrogens is 220 g/mol. The second kappa shape index (κ2) is 5.33. The second-order valence-electron chi connectivity index (χ2n) is 5.05. The molecule has 2 fully saturated rings. The Morgan fingerprint density at radius 1 is 1.47 bits per heavy atom. The van der Waals surface area contributed by atoms with Crippen molar-refractivity contribution in [2.45, 2.75) is 31.3 Å². The van der Waals surface area contributed by atoms with Crippen LogP contribution in [0, 0.1) is 0 Å². The Kier molecular flexibility index (Phi) is 4.01. The fourth-order valence-corrected chi connectivity index (χ4v) is 2.80. The SMILES string of the molecule is COC(=O)C1(C)CC(N2CCOCC2)CCN1. The Labute approximate surface area is 102 Å². The zero-order valence-electron chi connectivity index (χ0n) is 10.7. The van der Waals surface area contributed by atoms with Crippen molar-refractivity contribution in [3.8, 4) is 0 Å². The summed E-state index contributed by atoms with van der Waals surface area (Å²) in [7, 11) is 1.45. The quantitative estimate of drug-likeness (QED) is 0.691. The van der Waals surface area contributed by atoms with Gasteiger partial charge in [0.2, 0.25) is 0 Å². The van der Waals surface area contributed by atoms with E-state index in [0.29, 0.717) is 6.04 Å². The standard InChI is InChI=1S/C12H22N2O3/c1-12(11(15)16-2)9-10(3-4-13-12)14-5-7-17-8-6-14/h10,13H,3-9H2,1-2H3. The molecule has 2 saturated heterocycles. The summed E-state index contributed by atoms with van der Waals surface area (Å²) >= 11 is 0. The molecule has 5 nitrogen and oxygen atoms in total. The highest BCUT2D eigenvalue weighted by Crippen LogP contribution is 2.25. The maximum absolute atomic E-state index is 11.8. The number of morpholine rings is 1. The molecule has 0 amide bonds. The number of esters is 1. The van der Waals surface area contributed by atoms with Gasteiger partial charge in [-0.25, -0.2) is 0 Å². The van der Waals surface area contributed by atoms with Gasteiger partial charge >= 0.3 is 5.97 Å². The van der Waals surface area contributed by atoms with Crippen LogP contribution in [0.4, 0.5) is 0 Å². The van der Waals surface area contributed by atoms with Crippen LogP contribution in [-0.4, -0.2) is 62.4 Å². The van der Waals surface area contributed by atoms with Crippen LogP contribution in [0.15, 0.2) is 0 Å². The van der Waals surface area contributed by atoms with E-state index < -0.39 is 5.54 Å². The summed E-state index contributed by atoms with van der Waals surface area (Å²) in [5.74, 6) is -0.157. The van der Waals surface area contributed by atoms with Crippen LogP contribution < -0.4 is 5.32 Å². The topological polar surface area (TPSA) is 50.8 Å². The first-order valence-electron chi connectivity index (χ1n) is 6.31. The van der Waals surface area contributed by atoms with Crippen molar-refractivity contribution in [1.82, 2.24) is 10.2 Å². The molecule has 2 aliphatic rings. The third kappa shape index (κ3) is 2.78. The van der Waals surface area contributed by atoms with Gasteiger partial charge in [0.25, 0.3) is 0 Å². The van der Waals surface area contributed by atoms with E-state index in [-0.39, 0.29) is 5.97 Å². The fourth-order valence-electron chi connectivity index (χ4n) is 2.80. The molecule has 1 N–H and O–H groups in total. The number of carbonyl (C=O) groups is 1. The number of rotatable bonds is 2. The van der Waals surface area contributed by atoms with E-state index in [1.807, 2.05) is 6.92 Å². The normalized spacial score (nSPS) is 35.5. The Balaban J connectivity index is 1.98. The molecule has 2 heterocycles. The minimum atomic E-state index is -0.532. The van der Waals surface area contributed by atoms with Crippen molar-refractivity contribution in [3.63, 3.8) is 0 Å². The number of ether oxygens (including phenoxy) is 2. The number of hydrogen-bond donors (Lipinski definition) is 1. The number of nitrogens with zero attached hydrogens (tertiary/aromatic N) is 1. The van der Waals surface area contributed by atoms with Gasteiger partial charge in [-0.3, -0.25) is 9.69 Å². The molecule has 0 aromatic rings. The zero-order chi connectivity index (χ0) is 12.3. The molecular formula is C12H22N2O3. The van der Waals surface area contributed by atoms with Crippen LogP contribution in [0.25, 0.3) is 0 Å². The molecule has 0 radical (unpaired) electrons. The van der Waals surface area contributed by atoms with Gasteiger partial charge < -0.3 is 14.8 Å². The summed E-state index contributed by atoms with van der Waals surface area (Å²) in [5, 5.41) is 3.28. The predicted molar refractivity (Wildman–Crippen MR) is 63.8 cm³/mol. The van der Waals surface area contributed by atoms with Gasteiger partial charge in [-0.1, -0.05) is 0 Å². The molecule has 0 bridgehead atoms. The van der Waals surface area contributed by atoms with Crippen LogP contribution in [0.1, 0.15) is 19.8 Å². The van der Waals surface area contributed by atoms with Crippen LogP contribution in [0.3, 0.4) is 0 Å². The molecule has 0 aromatic heterocycles. The third-order valence-corrected chi connectivity index (χ3v) is 3.83. The first-order chi connectivity index (χ1) is 8.15. The number of piperidine rings is 1. The zero-order valence-corrected chi connectivity index (χ0v) is 10.7. The average molecular weight is 242 g/mol. The highest BCUT2D eigenvalue weighted by Gasteiger charge is 2.41. The van der Waals surface area contributed by atoms with Crippen molar-refractivity contribution in [3.05, 3.63) is 0 Å². The molecule has 2 rings (SSSR count). The van der Waals surface area contributed by atoms with Gasteiger partial charge in [-0.05, 0) is 26.3 Å². The van der Waals surface area contributed by atoms with Gasteiger partial charge in [0.15, 0.2) is 0 Å². The number of carbonyl (C=O) groups excluding carboxylic acids is 1. The number of methoxy groups -OCH3 is 1. The van der Waals surface area contributed by atoms with E-state index in [4.69, 9.17) is 9.47 Å². The van der Waals surface area contributed by atoms with Crippen molar-refractivity contribution >= 4 is 5.97 Å². The highest BCUT2D eigenvalue weighted by atomic mass is 16.5. The summed E-state index contributed by atoms with van der Waals surface area (Å²) in [5.41, 5.74) is -0.532. The predicted octanol–water partition coefficient (Wildman–Crippen LogP) is 0.00230. The molecule has 17 heavy (non-hydrogen) atoms. The lowest BCUT2D eigenvalue weighted by Gasteiger charge is -2.43. The van der Waals surface area contributed by atoms with E-state index in [9.17, 15) is 4.79 Å². The number of hydrogen-bond acceptors (Lipinski definition) is 5. The van der Waals surface area contributed by atoms with Gasteiger partial charge in [0.1, 0.15) is 5.54 Å². The molecule has 2 aliphatic heterocycles. The molecule has 2 atom stereocenters. The van der Waals surface area contributed by atoms with Gasteiger partial charge in [0, 0.05) is 19.1 Å². The fraction of sp³-hybridized carbons (Fsp3) is 0.917. The minimum absolute atomic E-state index is 0.157. The maximum Gasteiger partial charge on any atom is 0.325 e. The second-order valence-corrected chi connectivity index (χ2v) is 5.05. The van der Waals surface area contributed by atoms with Crippen LogP contribution in [0.5, 0.6) is 0 Å². The summed E-state index contributed by atoms with van der Waals surface area (Å²) in [6.45, 7) is 6.36. The molecule has 0 aromatic carbocycles. The van der Waals surface area contributed by atoms with Crippen LogP contribution >= 0.6 is 0 Å². The first kappa shape index (κ1) is 12.8. The minimum Gasteiger partial charge on any atom is -0.468 e. The number of nitrogens with one attached hydrogen (secondary N) is 1. The summed E-state index contributed by atoms with van der Waals surface area (Å²) in [4.78, 5) is 14.2. The van der Waals surface area contributed by atoms with Crippen molar-refractivity contribution in [1.29, 1.82) is 0 Å². The van der Waals surface area contributed by atoms with Crippen LogP contribution in [0.2, 0.25) is 0 Å². The van der Waals surface area contributed by atoms with Crippen molar-refractivity contribution < 1.29 is 14.3 Å². The van der Waals surface area contributed by atoms with E-state index in [2.05, 4.69) is 10.2 Å². The lowest BCUT2D eigenvalue weighted by Crippen LogP contribution is -2.60. The maximum atomic E-state index is 11.8. The van der Waals surface area contributed by atoms with Crippen molar-refractivity contribution in [2.75, 3.05) is 40.0 Å². The molecule has 0 saturated carbocycles. The third-order valence-electron chi connectivity index (χ3n) is 3.83. The lowest BCUT2D eigenvalue weighted by atomic mass is 9.86. The summed E-state index contributed by atoms with van der Waals surface area (Å²) in [6, 6.07) is 0.462. The van der Waals surface area contributed by atoms with Gasteiger partial charge in [0.05, 0.1) is 20.3 Å². The van der Waals surface area contributed by atoms with E-state index >= 15 is 0 Å².